The number of hydrogen-bond acceptors (Lipinski definition) is 3. The lowest BCUT2D eigenvalue weighted by Gasteiger charge is -2.20. The summed E-state index contributed by atoms with van der Waals surface area (Å²) >= 11 is 0. The van der Waals surface area contributed by atoms with Gasteiger partial charge in [0.1, 0.15) is 5.82 Å². The molecule has 3 aromatic carbocycles. The highest BCUT2D eigenvalue weighted by atomic mass is 32.2. The Kier molecular flexibility index (Phi) is 6.22. The van der Waals surface area contributed by atoms with Crippen LogP contribution in [-0.4, -0.2) is 21.4 Å². The van der Waals surface area contributed by atoms with Gasteiger partial charge in [-0.2, -0.15) is 0 Å². The molecule has 5 nitrogen and oxygen atoms in total. The number of hydrogen-bond donors (Lipinski definition) is 1. The van der Waals surface area contributed by atoms with Crippen LogP contribution in [0.15, 0.2) is 77.7 Å². The first-order valence-electron chi connectivity index (χ1n) is 9.41. The molecule has 1 N–H and O–H groups in total. The smallest absolute Gasteiger partial charge is 0.264 e. The molecule has 0 spiro atoms. The molecule has 0 saturated heterocycles. The molecule has 1 atom stereocenters. The van der Waals surface area contributed by atoms with Crippen molar-refractivity contribution in [2.75, 3.05) is 11.4 Å². The van der Waals surface area contributed by atoms with Crippen LogP contribution in [0, 0.1) is 12.7 Å². The number of nitrogens with one attached hydrogen (secondary N) is 1. The van der Waals surface area contributed by atoms with Crippen LogP contribution in [0.1, 0.15) is 34.5 Å². The fourth-order valence-electron chi connectivity index (χ4n) is 3.18. The van der Waals surface area contributed by atoms with Gasteiger partial charge in [-0.05, 0) is 67.4 Å². The van der Waals surface area contributed by atoms with Crippen molar-refractivity contribution in [2.24, 2.45) is 0 Å². The monoisotopic (exact) mass is 426 g/mol. The lowest BCUT2D eigenvalue weighted by Crippen LogP contribution is -2.29. The molecule has 156 valence electrons. The third-order valence-electron chi connectivity index (χ3n) is 4.95. The van der Waals surface area contributed by atoms with E-state index in [9.17, 15) is 17.6 Å². The summed E-state index contributed by atoms with van der Waals surface area (Å²) in [6.45, 7) is 3.85. The molecule has 0 aromatic heterocycles. The number of benzene rings is 3. The fraction of sp³-hybridized carbons (Fsp3) is 0.174. The maximum atomic E-state index is 13.2. The van der Waals surface area contributed by atoms with E-state index >= 15 is 0 Å². The van der Waals surface area contributed by atoms with E-state index in [0.717, 1.165) is 15.4 Å². The molecule has 0 bridgehead atoms. The molecule has 1 amide bonds. The molecule has 0 aliphatic rings. The predicted octanol–water partition coefficient (Wildman–Crippen LogP) is 4.45. The second-order valence-corrected chi connectivity index (χ2v) is 9.00. The van der Waals surface area contributed by atoms with Crippen LogP contribution < -0.4 is 9.62 Å². The molecule has 0 heterocycles. The zero-order valence-corrected chi connectivity index (χ0v) is 17.8. The SMILES string of the molecule is Cc1ccccc1[C@@H](C)NC(=O)c1cccc(S(=O)(=O)N(C)c2ccc(F)cc2)c1. The van der Waals surface area contributed by atoms with Gasteiger partial charge in [0.05, 0.1) is 16.6 Å². The molecule has 0 aliphatic heterocycles. The average Bonchev–Trinajstić information content (AvgIpc) is 2.74. The zero-order valence-electron chi connectivity index (χ0n) is 17.0. The standard InChI is InChI=1S/C23H23FN2O3S/c1-16-7-4-5-10-22(16)17(2)25-23(27)18-8-6-9-21(15-18)30(28,29)26(3)20-13-11-19(24)12-14-20/h4-15,17H,1-3H3,(H,25,27)/t17-/m1/s1. The molecule has 3 rings (SSSR count). The number of anilines is 1. The highest BCUT2D eigenvalue weighted by Crippen LogP contribution is 2.23. The minimum Gasteiger partial charge on any atom is -0.346 e. The molecule has 0 aliphatic carbocycles. The van der Waals surface area contributed by atoms with Crippen molar-refractivity contribution >= 4 is 21.6 Å². The maximum absolute atomic E-state index is 13.2. The molecule has 0 radical (unpaired) electrons. The van der Waals surface area contributed by atoms with Gasteiger partial charge in [0.15, 0.2) is 0 Å². The molecule has 3 aromatic rings. The van der Waals surface area contributed by atoms with Gasteiger partial charge in [0.2, 0.25) is 0 Å². The lowest BCUT2D eigenvalue weighted by molar-refractivity contribution is 0.0939. The van der Waals surface area contributed by atoms with E-state index in [4.69, 9.17) is 0 Å². The van der Waals surface area contributed by atoms with Crippen molar-refractivity contribution in [1.82, 2.24) is 5.32 Å². The first kappa shape index (κ1) is 21.5. The minimum absolute atomic E-state index is 0.0227. The summed E-state index contributed by atoms with van der Waals surface area (Å²) in [5, 5.41) is 2.91. The van der Waals surface area contributed by atoms with Crippen molar-refractivity contribution < 1.29 is 17.6 Å². The topological polar surface area (TPSA) is 66.5 Å². The Labute approximate surface area is 176 Å². The van der Waals surface area contributed by atoms with E-state index < -0.39 is 15.8 Å². The van der Waals surface area contributed by atoms with Crippen LogP contribution >= 0.6 is 0 Å². The van der Waals surface area contributed by atoms with Gasteiger partial charge in [0.25, 0.3) is 15.9 Å². The quantitative estimate of drug-likeness (QED) is 0.633. The molecule has 0 saturated carbocycles. The first-order chi connectivity index (χ1) is 14.2. The maximum Gasteiger partial charge on any atom is 0.264 e. The first-order valence-corrected chi connectivity index (χ1v) is 10.8. The van der Waals surface area contributed by atoms with E-state index in [1.54, 1.807) is 6.07 Å². The number of halogens is 1. The van der Waals surface area contributed by atoms with Gasteiger partial charge in [-0.15, -0.1) is 0 Å². The molecule has 30 heavy (non-hydrogen) atoms. The van der Waals surface area contributed by atoms with E-state index in [0.29, 0.717) is 5.69 Å². The molecule has 0 fully saturated rings. The third kappa shape index (κ3) is 4.52. The molecule has 7 heteroatoms. The lowest BCUT2D eigenvalue weighted by atomic mass is 10.0. The van der Waals surface area contributed by atoms with Crippen LogP contribution in [0.2, 0.25) is 0 Å². The minimum atomic E-state index is -3.92. The van der Waals surface area contributed by atoms with E-state index in [1.165, 1.54) is 49.5 Å². The van der Waals surface area contributed by atoms with Gasteiger partial charge in [-0.3, -0.25) is 9.10 Å². The number of rotatable bonds is 6. The summed E-state index contributed by atoms with van der Waals surface area (Å²) in [6, 6.07) is 18.5. The van der Waals surface area contributed by atoms with E-state index in [-0.39, 0.29) is 22.4 Å². The number of carbonyl (C=O) groups is 1. The van der Waals surface area contributed by atoms with Crippen LogP contribution in [0.5, 0.6) is 0 Å². The summed E-state index contributed by atoms with van der Waals surface area (Å²) < 4.78 is 40.2. The number of aryl methyl sites for hydroxylation is 1. The Morgan fingerprint density at radius 3 is 2.33 bits per heavy atom. The second-order valence-electron chi connectivity index (χ2n) is 7.03. The van der Waals surface area contributed by atoms with Crippen LogP contribution in [-0.2, 0) is 10.0 Å². The summed E-state index contributed by atoms with van der Waals surface area (Å²) in [5.41, 5.74) is 2.61. The molecular weight excluding hydrogens is 403 g/mol. The average molecular weight is 427 g/mol. The van der Waals surface area contributed by atoms with Crippen molar-refractivity contribution in [2.45, 2.75) is 24.8 Å². The zero-order chi connectivity index (χ0) is 21.9. The van der Waals surface area contributed by atoms with Gasteiger partial charge in [0, 0.05) is 12.6 Å². The van der Waals surface area contributed by atoms with Crippen LogP contribution in [0.3, 0.4) is 0 Å². The number of sulfonamides is 1. The van der Waals surface area contributed by atoms with Crippen molar-refractivity contribution in [3.8, 4) is 0 Å². The van der Waals surface area contributed by atoms with E-state index in [1.807, 2.05) is 38.1 Å². The Balaban J connectivity index is 1.83. The van der Waals surface area contributed by atoms with Gasteiger partial charge < -0.3 is 5.32 Å². The summed E-state index contributed by atoms with van der Waals surface area (Å²) in [6.07, 6.45) is 0. The van der Waals surface area contributed by atoms with Gasteiger partial charge >= 0.3 is 0 Å². The fourth-order valence-corrected chi connectivity index (χ4v) is 4.42. The van der Waals surface area contributed by atoms with E-state index in [2.05, 4.69) is 5.32 Å². The van der Waals surface area contributed by atoms with Gasteiger partial charge in [-0.1, -0.05) is 30.3 Å². The van der Waals surface area contributed by atoms with Crippen molar-refractivity contribution in [3.63, 3.8) is 0 Å². The third-order valence-corrected chi connectivity index (χ3v) is 6.73. The molecular formula is C23H23FN2O3S. The number of amides is 1. The largest absolute Gasteiger partial charge is 0.346 e. The summed E-state index contributed by atoms with van der Waals surface area (Å²) in [5.74, 6) is -0.821. The van der Waals surface area contributed by atoms with Crippen molar-refractivity contribution in [3.05, 3.63) is 95.3 Å². The normalized spacial score (nSPS) is 12.3. The molecule has 0 unspecified atom stereocenters. The number of carbonyl (C=O) groups excluding carboxylic acids is 1. The highest BCUT2D eigenvalue weighted by Gasteiger charge is 2.23. The highest BCUT2D eigenvalue weighted by molar-refractivity contribution is 7.92. The Morgan fingerprint density at radius 1 is 1.00 bits per heavy atom. The van der Waals surface area contributed by atoms with Gasteiger partial charge in [-0.25, -0.2) is 12.8 Å². The predicted molar refractivity (Wildman–Crippen MR) is 115 cm³/mol. The Hall–Kier alpha value is -3.19. The Bertz CT molecular complexity index is 1160. The Morgan fingerprint density at radius 2 is 1.67 bits per heavy atom. The summed E-state index contributed by atoms with van der Waals surface area (Å²) in [7, 11) is -2.53. The van der Waals surface area contributed by atoms with Crippen LogP contribution in [0.4, 0.5) is 10.1 Å². The second kappa shape index (κ2) is 8.67. The number of nitrogens with zero attached hydrogens (tertiary/aromatic N) is 1. The van der Waals surface area contributed by atoms with Crippen LogP contribution in [0.25, 0.3) is 0 Å². The summed E-state index contributed by atoms with van der Waals surface area (Å²) in [4.78, 5) is 12.7. The van der Waals surface area contributed by atoms with Crippen molar-refractivity contribution in [1.29, 1.82) is 0 Å².